The molecule has 1 nitrogen and oxygen atoms in total. The maximum absolute atomic E-state index is 2.40. The number of likely N-dealkylation sites (tertiary alicyclic amines) is 1. The zero-order valence-electron chi connectivity index (χ0n) is 7.24. The first kappa shape index (κ1) is 7.81. The Hall–Kier alpha value is -0.820. The number of nitrogens with zero attached hydrogens (tertiary/aromatic N) is 1. The Labute approximate surface area is 74.0 Å². The monoisotopic (exact) mass is 160 g/mol. The maximum atomic E-state index is 2.40. The summed E-state index contributed by atoms with van der Waals surface area (Å²) < 4.78 is 0. The van der Waals surface area contributed by atoms with Crippen LogP contribution in [0.1, 0.15) is 18.4 Å². The topological polar surface area (TPSA) is 3.24 Å². The molecule has 12 heavy (non-hydrogen) atoms. The molecule has 1 heteroatoms. The van der Waals surface area contributed by atoms with Gasteiger partial charge in [0.25, 0.3) is 0 Å². The van der Waals surface area contributed by atoms with Crippen LogP contribution >= 0.6 is 0 Å². The molecule has 63 valence electrons. The molecule has 1 aromatic carbocycles. The standard InChI is InChI=1S/C11H14N/c1-2-6-11(7-3-1)10-12-8-4-5-9-12/h1-3,6-8H,4-5,9-10H2. The van der Waals surface area contributed by atoms with Crippen molar-refractivity contribution in [1.29, 1.82) is 0 Å². The van der Waals surface area contributed by atoms with Gasteiger partial charge in [-0.05, 0) is 24.9 Å². The SMILES string of the molecule is [CH]1CCCN1Cc1ccccc1. The minimum atomic E-state index is 1.08. The summed E-state index contributed by atoms with van der Waals surface area (Å²) in [7, 11) is 0. The lowest BCUT2D eigenvalue weighted by Crippen LogP contribution is -2.14. The van der Waals surface area contributed by atoms with Crippen molar-refractivity contribution < 1.29 is 0 Å². The van der Waals surface area contributed by atoms with Crippen LogP contribution in [0.25, 0.3) is 0 Å². The van der Waals surface area contributed by atoms with Gasteiger partial charge in [0.1, 0.15) is 0 Å². The van der Waals surface area contributed by atoms with Crippen LogP contribution in [0.15, 0.2) is 30.3 Å². The normalized spacial score (nSPS) is 18.3. The Balaban J connectivity index is 1.94. The first-order valence-electron chi connectivity index (χ1n) is 4.56. The van der Waals surface area contributed by atoms with Crippen LogP contribution in [0.5, 0.6) is 0 Å². The smallest absolute Gasteiger partial charge is 0.0255 e. The molecule has 2 rings (SSSR count). The highest BCUT2D eigenvalue weighted by atomic mass is 15.1. The van der Waals surface area contributed by atoms with Crippen molar-refractivity contribution in [2.24, 2.45) is 0 Å². The van der Waals surface area contributed by atoms with Gasteiger partial charge in [0.2, 0.25) is 0 Å². The van der Waals surface area contributed by atoms with Gasteiger partial charge in [-0.3, -0.25) is 4.90 Å². The first-order chi connectivity index (χ1) is 5.95. The second-order valence-electron chi connectivity index (χ2n) is 3.28. The van der Waals surface area contributed by atoms with Crippen molar-refractivity contribution in [1.82, 2.24) is 4.90 Å². The zero-order chi connectivity index (χ0) is 8.23. The molecule has 0 saturated carbocycles. The summed E-state index contributed by atoms with van der Waals surface area (Å²) in [6.45, 7) is 4.63. The van der Waals surface area contributed by atoms with Crippen molar-refractivity contribution in [2.45, 2.75) is 19.4 Å². The number of hydrogen-bond acceptors (Lipinski definition) is 1. The lowest BCUT2D eigenvalue weighted by molar-refractivity contribution is 0.379. The van der Waals surface area contributed by atoms with Crippen LogP contribution in [0.3, 0.4) is 0 Å². The third kappa shape index (κ3) is 1.86. The lowest BCUT2D eigenvalue weighted by Gasteiger charge is -2.13. The van der Waals surface area contributed by atoms with Crippen LogP contribution in [0.2, 0.25) is 0 Å². The molecule has 0 amide bonds. The Bertz CT molecular complexity index is 224. The molecule has 0 spiro atoms. The van der Waals surface area contributed by atoms with Gasteiger partial charge in [-0.1, -0.05) is 30.3 Å². The largest absolute Gasteiger partial charge is 0.295 e. The summed E-state index contributed by atoms with van der Waals surface area (Å²) in [5, 5.41) is 0. The van der Waals surface area contributed by atoms with Crippen LogP contribution in [-0.4, -0.2) is 11.4 Å². The summed E-state index contributed by atoms with van der Waals surface area (Å²) in [5.41, 5.74) is 1.41. The molecule has 1 aliphatic heterocycles. The van der Waals surface area contributed by atoms with E-state index in [9.17, 15) is 0 Å². The Morgan fingerprint density at radius 2 is 2.00 bits per heavy atom. The zero-order valence-corrected chi connectivity index (χ0v) is 7.24. The van der Waals surface area contributed by atoms with Crippen LogP contribution in [0.4, 0.5) is 0 Å². The van der Waals surface area contributed by atoms with E-state index < -0.39 is 0 Å². The van der Waals surface area contributed by atoms with Gasteiger partial charge in [0.15, 0.2) is 0 Å². The second-order valence-corrected chi connectivity index (χ2v) is 3.28. The molecule has 1 fully saturated rings. The van der Waals surface area contributed by atoms with Gasteiger partial charge < -0.3 is 0 Å². The summed E-state index contributed by atoms with van der Waals surface area (Å²) in [5.74, 6) is 0. The van der Waals surface area contributed by atoms with E-state index in [0.717, 1.165) is 6.54 Å². The minimum Gasteiger partial charge on any atom is -0.295 e. The summed E-state index contributed by atoms with van der Waals surface area (Å²) >= 11 is 0. The van der Waals surface area contributed by atoms with E-state index in [1.54, 1.807) is 0 Å². The highest BCUT2D eigenvalue weighted by Gasteiger charge is 2.11. The molecule has 1 aliphatic rings. The van der Waals surface area contributed by atoms with E-state index in [4.69, 9.17) is 0 Å². The van der Waals surface area contributed by atoms with E-state index in [-0.39, 0.29) is 0 Å². The fourth-order valence-electron chi connectivity index (χ4n) is 1.62. The van der Waals surface area contributed by atoms with E-state index in [2.05, 4.69) is 41.8 Å². The third-order valence-electron chi connectivity index (χ3n) is 2.27. The minimum absolute atomic E-state index is 1.08. The highest BCUT2D eigenvalue weighted by Crippen LogP contribution is 2.15. The van der Waals surface area contributed by atoms with Crippen LogP contribution < -0.4 is 0 Å². The van der Waals surface area contributed by atoms with Crippen molar-refractivity contribution >= 4 is 0 Å². The lowest BCUT2D eigenvalue weighted by atomic mass is 10.2. The van der Waals surface area contributed by atoms with Crippen LogP contribution in [0, 0.1) is 6.54 Å². The molecule has 0 N–H and O–H groups in total. The van der Waals surface area contributed by atoms with Crippen molar-refractivity contribution in [3.8, 4) is 0 Å². The third-order valence-corrected chi connectivity index (χ3v) is 2.27. The van der Waals surface area contributed by atoms with Gasteiger partial charge in [0, 0.05) is 13.1 Å². The van der Waals surface area contributed by atoms with E-state index in [1.807, 2.05) is 0 Å². The Kier molecular flexibility index (Phi) is 2.42. The molecular formula is C11H14N. The number of hydrogen-bond donors (Lipinski definition) is 0. The molecule has 0 unspecified atom stereocenters. The number of rotatable bonds is 2. The summed E-state index contributed by atoms with van der Waals surface area (Å²) in [6, 6.07) is 10.6. The maximum Gasteiger partial charge on any atom is 0.0255 e. The van der Waals surface area contributed by atoms with Gasteiger partial charge in [-0.2, -0.15) is 0 Å². The fraction of sp³-hybridized carbons (Fsp3) is 0.364. The fourth-order valence-corrected chi connectivity index (χ4v) is 1.62. The van der Waals surface area contributed by atoms with Crippen molar-refractivity contribution in [3.63, 3.8) is 0 Å². The average molecular weight is 160 g/mol. The first-order valence-corrected chi connectivity index (χ1v) is 4.56. The van der Waals surface area contributed by atoms with E-state index in [1.165, 1.54) is 24.9 Å². The van der Waals surface area contributed by atoms with Crippen molar-refractivity contribution in [3.05, 3.63) is 42.4 Å². The molecule has 1 saturated heterocycles. The van der Waals surface area contributed by atoms with E-state index >= 15 is 0 Å². The van der Waals surface area contributed by atoms with E-state index in [0.29, 0.717) is 0 Å². The average Bonchev–Trinajstić information content (AvgIpc) is 2.59. The quantitative estimate of drug-likeness (QED) is 0.642. The molecule has 0 aromatic heterocycles. The molecular weight excluding hydrogens is 146 g/mol. The molecule has 0 aliphatic carbocycles. The highest BCUT2D eigenvalue weighted by molar-refractivity contribution is 5.14. The van der Waals surface area contributed by atoms with Gasteiger partial charge in [-0.25, -0.2) is 0 Å². The van der Waals surface area contributed by atoms with Crippen LogP contribution in [-0.2, 0) is 6.54 Å². The van der Waals surface area contributed by atoms with Gasteiger partial charge >= 0.3 is 0 Å². The predicted octanol–water partition coefficient (Wildman–Crippen LogP) is 2.44. The van der Waals surface area contributed by atoms with Gasteiger partial charge in [-0.15, -0.1) is 0 Å². The Morgan fingerprint density at radius 1 is 1.17 bits per heavy atom. The Morgan fingerprint density at radius 3 is 2.67 bits per heavy atom. The van der Waals surface area contributed by atoms with Gasteiger partial charge in [0.05, 0.1) is 0 Å². The molecule has 0 atom stereocenters. The summed E-state index contributed by atoms with van der Waals surface area (Å²) in [6.07, 6.45) is 2.58. The molecule has 1 heterocycles. The molecule has 1 radical (unpaired) electrons. The molecule has 0 bridgehead atoms. The van der Waals surface area contributed by atoms with Crippen molar-refractivity contribution in [2.75, 3.05) is 6.54 Å². The predicted molar refractivity (Wildman–Crippen MR) is 50.4 cm³/mol. The number of benzene rings is 1. The molecule has 1 aromatic rings. The summed E-state index contributed by atoms with van der Waals surface area (Å²) in [4.78, 5) is 2.40. The second kappa shape index (κ2) is 3.72.